The molecule has 1 atom stereocenters. The van der Waals surface area contributed by atoms with Crippen LogP contribution in [0, 0.1) is 3.57 Å². The summed E-state index contributed by atoms with van der Waals surface area (Å²) >= 11 is 3.00. The molecular weight excluding hydrogens is 515 g/mol. The van der Waals surface area contributed by atoms with Crippen LogP contribution in [0.5, 0.6) is 5.75 Å². The molecule has 30 heavy (non-hydrogen) atoms. The van der Waals surface area contributed by atoms with E-state index in [4.69, 9.17) is 4.74 Å². The summed E-state index contributed by atoms with van der Waals surface area (Å²) in [6.07, 6.45) is 2.68. The number of amides is 3. The smallest absolute Gasteiger partial charge is 0.294 e. The predicted octanol–water partition coefficient (Wildman–Crippen LogP) is 5.14. The molecule has 156 valence electrons. The molecule has 6 nitrogen and oxygen atoms in total. The molecule has 0 bridgehead atoms. The lowest BCUT2D eigenvalue weighted by Crippen LogP contribution is -2.36. The zero-order valence-electron chi connectivity index (χ0n) is 16.6. The molecule has 1 fully saturated rings. The van der Waals surface area contributed by atoms with Crippen LogP contribution in [0.1, 0.15) is 25.8 Å². The number of anilines is 1. The predicted molar refractivity (Wildman–Crippen MR) is 127 cm³/mol. The van der Waals surface area contributed by atoms with Crippen LogP contribution in [0.15, 0.2) is 53.4 Å². The number of ether oxygens (including phenoxy) is 1. The molecule has 1 aliphatic rings. The minimum atomic E-state index is -0.470. The van der Waals surface area contributed by atoms with Gasteiger partial charge in [-0.15, -0.1) is 0 Å². The number of carbonyl (C=O) groups is 3. The first-order chi connectivity index (χ1) is 14.4. The maximum absolute atomic E-state index is 12.6. The van der Waals surface area contributed by atoms with Gasteiger partial charge in [0.15, 0.2) is 0 Å². The molecule has 8 heteroatoms. The third kappa shape index (κ3) is 5.85. The van der Waals surface area contributed by atoms with Crippen LogP contribution in [-0.2, 0) is 9.59 Å². The Kier molecular flexibility index (Phi) is 7.54. The van der Waals surface area contributed by atoms with Crippen LogP contribution in [0.2, 0.25) is 0 Å². The van der Waals surface area contributed by atoms with Crippen LogP contribution in [0.3, 0.4) is 0 Å². The van der Waals surface area contributed by atoms with Crippen molar-refractivity contribution >= 4 is 63.2 Å². The fourth-order valence-corrected chi connectivity index (χ4v) is 3.82. The highest BCUT2D eigenvalue weighted by Gasteiger charge is 2.36. The van der Waals surface area contributed by atoms with E-state index in [0.29, 0.717) is 5.69 Å². The Hall–Kier alpha value is -2.33. The van der Waals surface area contributed by atoms with E-state index in [-0.39, 0.29) is 17.6 Å². The molecule has 0 aromatic heterocycles. The summed E-state index contributed by atoms with van der Waals surface area (Å²) in [5.74, 6) is -0.143. The molecular formula is C22H21IN2O4S. The van der Waals surface area contributed by atoms with Gasteiger partial charge in [0.1, 0.15) is 12.3 Å². The monoisotopic (exact) mass is 536 g/mol. The lowest BCUT2D eigenvalue weighted by Gasteiger charge is -2.12. The molecule has 3 amide bonds. The Labute approximate surface area is 193 Å². The number of hydrogen-bond acceptors (Lipinski definition) is 5. The van der Waals surface area contributed by atoms with Crippen LogP contribution >= 0.6 is 34.4 Å². The van der Waals surface area contributed by atoms with Gasteiger partial charge in [0.05, 0.1) is 11.0 Å². The molecule has 0 saturated carbocycles. The van der Waals surface area contributed by atoms with Crippen LogP contribution in [-0.4, -0.2) is 34.6 Å². The normalized spacial score (nSPS) is 16.1. The van der Waals surface area contributed by atoms with Crippen LogP contribution in [0.4, 0.5) is 10.5 Å². The Morgan fingerprint density at radius 1 is 1.17 bits per heavy atom. The minimum absolute atomic E-state index is 0.123. The molecule has 2 aromatic carbocycles. The van der Waals surface area contributed by atoms with Crippen molar-refractivity contribution in [3.8, 4) is 5.75 Å². The van der Waals surface area contributed by atoms with Crippen molar-refractivity contribution in [3.63, 3.8) is 0 Å². The van der Waals surface area contributed by atoms with Crippen molar-refractivity contribution in [3.05, 3.63) is 62.6 Å². The second kappa shape index (κ2) is 10.1. The van der Waals surface area contributed by atoms with Gasteiger partial charge in [-0.2, -0.15) is 0 Å². The van der Waals surface area contributed by atoms with Gasteiger partial charge in [-0.05, 0) is 95.7 Å². The van der Waals surface area contributed by atoms with E-state index in [1.54, 1.807) is 18.2 Å². The van der Waals surface area contributed by atoms with E-state index in [1.165, 1.54) is 0 Å². The second-order valence-electron chi connectivity index (χ2n) is 6.73. The van der Waals surface area contributed by atoms with Gasteiger partial charge < -0.3 is 10.1 Å². The van der Waals surface area contributed by atoms with E-state index >= 15 is 0 Å². The highest BCUT2D eigenvalue weighted by molar-refractivity contribution is 14.1. The first kappa shape index (κ1) is 22.4. The van der Waals surface area contributed by atoms with Gasteiger partial charge >= 0.3 is 0 Å². The molecule has 3 rings (SSSR count). The van der Waals surface area contributed by atoms with Gasteiger partial charge in [-0.1, -0.05) is 19.1 Å². The SMILES string of the molecule is CC[C@@H](C)Oc1ccc(/C=C2\SC(=O)N(CC(=O)Nc3ccc(I)cc3)C2=O)cc1. The van der Waals surface area contributed by atoms with Crippen molar-refractivity contribution < 1.29 is 19.1 Å². The van der Waals surface area contributed by atoms with E-state index < -0.39 is 17.1 Å². The number of imide groups is 1. The quantitative estimate of drug-likeness (QED) is 0.392. The summed E-state index contributed by atoms with van der Waals surface area (Å²) in [6.45, 7) is 3.73. The Morgan fingerprint density at radius 2 is 1.83 bits per heavy atom. The van der Waals surface area contributed by atoms with Gasteiger partial charge in [0, 0.05) is 9.26 Å². The number of thioether (sulfide) groups is 1. The standard InChI is InChI=1S/C22H21IN2O4S/c1-3-14(2)29-18-10-4-15(5-11-18)12-19-21(27)25(22(28)30-19)13-20(26)24-17-8-6-16(23)7-9-17/h4-12,14H,3,13H2,1-2H3,(H,24,26)/b19-12-/t14-/m1/s1. The number of hydrogen-bond donors (Lipinski definition) is 1. The zero-order valence-corrected chi connectivity index (χ0v) is 19.5. The average molecular weight is 536 g/mol. The Bertz CT molecular complexity index is 974. The second-order valence-corrected chi connectivity index (χ2v) is 8.97. The molecule has 0 radical (unpaired) electrons. The summed E-state index contributed by atoms with van der Waals surface area (Å²) in [4.78, 5) is 38.4. The summed E-state index contributed by atoms with van der Waals surface area (Å²) in [5, 5.41) is 2.24. The largest absolute Gasteiger partial charge is 0.491 e. The van der Waals surface area contributed by atoms with Crippen LogP contribution in [0.25, 0.3) is 6.08 Å². The topological polar surface area (TPSA) is 75.7 Å². The molecule has 1 N–H and O–H groups in total. The number of nitrogens with zero attached hydrogens (tertiary/aromatic N) is 1. The number of benzene rings is 2. The molecule has 1 aliphatic heterocycles. The fourth-order valence-electron chi connectivity index (χ4n) is 2.62. The van der Waals surface area contributed by atoms with Crippen molar-refractivity contribution in [1.29, 1.82) is 0 Å². The highest BCUT2D eigenvalue weighted by Crippen LogP contribution is 2.32. The lowest BCUT2D eigenvalue weighted by atomic mass is 10.2. The highest BCUT2D eigenvalue weighted by atomic mass is 127. The minimum Gasteiger partial charge on any atom is -0.491 e. The van der Waals surface area contributed by atoms with Gasteiger partial charge in [-0.3, -0.25) is 19.3 Å². The number of carbonyl (C=O) groups excluding carboxylic acids is 3. The fraction of sp³-hybridized carbons (Fsp3) is 0.227. The first-order valence-corrected chi connectivity index (χ1v) is 11.3. The molecule has 0 aliphatic carbocycles. The lowest BCUT2D eigenvalue weighted by molar-refractivity contribution is -0.127. The van der Waals surface area contributed by atoms with E-state index in [1.807, 2.05) is 43.3 Å². The Balaban J connectivity index is 1.63. The van der Waals surface area contributed by atoms with E-state index in [0.717, 1.165) is 38.0 Å². The van der Waals surface area contributed by atoms with E-state index in [2.05, 4.69) is 34.8 Å². The Morgan fingerprint density at radius 3 is 2.47 bits per heavy atom. The van der Waals surface area contributed by atoms with Crippen molar-refractivity contribution in [2.24, 2.45) is 0 Å². The third-order valence-electron chi connectivity index (χ3n) is 4.39. The average Bonchev–Trinajstić information content (AvgIpc) is 2.98. The summed E-state index contributed by atoms with van der Waals surface area (Å²) in [6, 6.07) is 14.6. The van der Waals surface area contributed by atoms with Gasteiger partial charge in [0.2, 0.25) is 5.91 Å². The number of rotatable bonds is 7. The van der Waals surface area contributed by atoms with Gasteiger partial charge in [0.25, 0.3) is 11.1 Å². The maximum Gasteiger partial charge on any atom is 0.294 e. The summed E-state index contributed by atoms with van der Waals surface area (Å²) in [7, 11) is 0. The van der Waals surface area contributed by atoms with Crippen LogP contribution < -0.4 is 10.1 Å². The van der Waals surface area contributed by atoms with Crippen molar-refractivity contribution in [1.82, 2.24) is 4.90 Å². The molecule has 0 unspecified atom stereocenters. The molecule has 2 aromatic rings. The molecule has 1 heterocycles. The summed E-state index contributed by atoms with van der Waals surface area (Å²) in [5.41, 5.74) is 1.39. The zero-order chi connectivity index (χ0) is 21.7. The van der Waals surface area contributed by atoms with Gasteiger partial charge in [-0.25, -0.2) is 0 Å². The number of nitrogens with one attached hydrogen (secondary N) is 1. The van der Waals surface area contributed by atoms with Crippen molar-refractivity contribution in [2.75, 3.05) is 11.9 Å². The maximum atomic E-state index is 12.6. The van der Waals surface area contributed by atoms with E-state index in [9.17, 15) is 14.4 Å². The van der Waals surface area contributed by atoms with Crippen molar-refractivity contribution in [2.45, 2.75) is 26.4 Å². The third-order valence-corrected chi connectivity index (χ3v) is 6.02. The molecule has 0 spiro atoms. The molecule has 1 saturated heterocycles. The first-order valence-electron chi connectivity index (χ1n) is 9.43. The number of halogens is 1. The summed E-state index contributed by atoms with van der Waals surface area (Å²) < 4.78 is 6.79.